The molecule has 0 heterocycles. The van der Waals surface area contributed by atoms with Gasteiger partial charge in [0.15, 0.2) is 5.75 Å². The lowest BCUT2D eigenvalue weighted by Crippen LogP contribution is -1.83. The standard InChI is InChI=1S/C12H13ClO/c1-2-3-4-7-10-14-12-9-6-5-8-11(12)13/h5-6,8-9H,2-4H2,1H3. The Labute approximate surface area is 90.0 Å². The van der Waals surface area contributed by atoms with Crippen molar-refractivity contribution in [3.63, 3.8) is 0 Å². The molecule has 1 aromatic carbocycles. The van der Waals surface area contributed by atoms with E-state index < -0.39 is 0 Å². The topological polar surface area (TPSA) is 9.23 Å². The molecule has 0 unspecified atom stereocenters. The third kappa shape index (κ3) is 3.72. The van der Waals surface area contributed by atoms with Crippen molar-refractivity contribution < 1.29 is 4.74 Å². The lowest BCUT2D eigenvalue weighted by atomic mass is 10.3. The molecule has 14 heavy (non-hydrogen) atoms. The largest absolute Gasteiger partial charge is 0.406 e. The van der Waals surface area contributed by atoms with Crippen LogP contribution >= 0.6 is 11.6 Å². The number of hydrogen-bond donors (Lipinski definition) is 0. The zero-order valence-electron chi connectivity index (χ0n) is 8.22. The molecule has 74 valence electrons. The molecule has 0 aliphatic carbocycles. The Balaban J connectivity index is 2.44. The molecule has 1 nitrogen and oxygen atoms in total. The van der Waals surface area contributed by atoms with Gasteiger partial charge in [0, 0.05) is 6.42 Å². The van der Waals surface area contributed by atoms with Gasteiger partial charge in [0.2, 0.25) is 0 Å². The van der Waals surface area contributed by atoms with E-state index in [1.165, 1.54) is 0 Å². The average Bonchev–Trinajstić information content (AvgIpc) is 2.20. The van der Waals surface area contributed by atoms with Crippen molar-refractivity contribution in [2.45, 2.75) is 26.2 Å². The van der Waals surface area contributed by atoms with Crippen LogP contribution in [0.2, 0.25) is 5.02 Å². The molecule has 0 N–H and O–H groups in total. The fraction of sp³-hybridized carbons (Fsp3) is 0.333. The molecule has 2 heteroatoms. The van der Waals surface area contributed by atoms with Crippen molar-refractivity contribution in [1.82, 2.24) is 0 Å². The molecule has 0 spiro atoms. The van der Waals surface area contributed by atoms with Crippen LogP contribution in [0.15, 0.2) is 24.3 Å². The maximum Gasteiger partial charge on any atom is 0.158 e. The Morgan fingerprint density at radius 3 is 2.86 bits per heavy atom. The lowest BCUT2D eigenvalue weighted by molar-refractivity contribution is 0.518. The Bertz CT molecular complexity index is 336. The third-order valence-corrected chi connectivity index (χ3v) is 2.04. The molecule has 1 aromatic rings. The number of para-hydroxylation sites is 1. The molecule has 0 atom stereocenters. The Morgan fingerprint density at radius 1 is 1.36 bits per heavy atom. The summed E-state index contributed by atoms with van der Waals surface area (Å²) in [6.07, 6.45) is 5.78. The first-order chi connectivity index (χ1) is 6.84. The highest BCUT2D eigenvalue weighted by Crippen LogP contribution is 2.22. The Hall–Kier alpha value is -1.13. The van der Waals surface area contributed by atoms with Crippen LogP contribution in [0.1, 0.15) is 26.2 Å². The molecule has 0 amide bonds. The van der Waals surface area contributed by atoms with Crippen molar-refractivity contribution in [3.05, 3.63) is 29.3 Å². The second kappa shape index (κ2) is 6.34. The second-order valence-electron chi connectivity index (χ2n) is 2.91. The Morgan fingerprint density at radius 2 is 2.14 bits per heavy atom. The van der Waals surface area contributed by atoms with Crippen molar-refractivity contribution in [1.29, 1.82) is 0 Å². The first-order valence-electron chi connectivity index (χ1n) is 4.74. The molecule has 0 saturated heterocycles. The van der Waals surface area contributed by atoms with Gasteiger partial charge in [0.05, 0.1) is 5.02 Å². The van der Waals surface area contributed by atoms with E-state index in [0.29, 0.717) is 10.8 Å². The van der Waals surface area contributed by atoms with Gasteiger partial charge in [-0.05, 0) is 18.6 Å². The van der Waals surface area contributed by atoms with E-state index in [1.807, 2.05) is 12.1 Å². The van der Waals surface area contributed by atoms with E-state index in [9.17, 15) is 0 Å². The maximum absolute atomic E-state index is 5.87. The number of ether oxygens (including phenoxy) is 1. The smallest absolute Gasteiger partial charge is 0.158 e. The van der Waals surface area contributed by atoms with Gasteiger partial charge in [-0.2, -0.15) is 0 Å². The predicted molar refractivity (Wildman–Crippen MR) is 59.4 cm³/mol. The quantitative estimate of drug-likeness (QED) is 0.541. The van der Waals surface area contributed by atoms with Crippen LogP contribution in [0.3, 0.4) is 0 Å². The summed E-state index contributed by atoms with van der Waals surface area (Å²) in [5, 5.41) is 0.595. The molecule has 0 aliphatic heterocycles. The summed E-state index contributed by atoms with van der Waals surface area (Å²) in [5.41, 5.74) is 0. The van der Waals surface area contributed by atoms with E-state index in [2.05, 4.69) is 19.0 Å². The van der Waals surface area contributed by atoms with Gasteiger partial charge in [-0.1, -0.05) is 43.0 Å². The molecular weight excluding hydrogens is 196 g/mol. The van der Waals surface area contributed by atoms with Crippen LogP contribution in [0.4, 0.5) is 0 Å². The molecule has 0 aliphatic rings. The van der Waals surface area contributed by atoms with Crippen LogP contribution in [-0.4, -0.2) is 0 Å². The Kier molecular flexibility index (Phi) is 4.96. The number of halogens is 1. The number of hydrogen-bond acceptors (Lipinski definition) is 1. The highest BCUT2D eigenvalue weighted by molar-refractivity contribution is 6.32. The molecule has 1 rings (SSSR count). The van der Waals surface area contributed by atoms with Crippen LogP contribution in [-0.2, 0) is 0 Å². The second-order valence-corrected chi connectivity index (χ2v) is 3.32. The van der Waals surface area contributed by atoms with E-state index in [0.717, 1.165) is 19.3 Å². The maximum atomic E-state index is 5.87. The normalized spacial score (nSPS) is 9.00. The number of benzene rings is 1. The van der Waals surface area contributed by atoms with E-state index in [1.54, 1.807) is 12.1 Å². The minimum atomic E-state index is 0.595. The molecule has 0 saturated carbocycles. The average molecular weight is 209 g/mol. The first kappa shape index (κ1) is 10.9. The van der Waals surface area contributed by atoms with Crippen molar-refractivity contribution in [2.75, 3.05) is 0 Å². The van der Waals surface area contributed by atoms with Gasteiger partial charge in [-0.3, -0.25) is 0 Å². The SMILES string of the molecule is CCCCC#COc1ccccc1Cl. The summed E-state index contributed by atoms with van der Waals surface area (Å²) in [7, 11) is 0. The highest BCUT2D eigenvalue weighted by atomic mass is 35.5. The summed E-state index contributed by atoms with van der Waals surface area (Å²) in [4.78, 5) is 0. The summed E-state index contributed by atoms with van der Waals surface area (Å²) < 4.78 is 5.19. The minimum absolute atomic E-state index is 0.595. The summed E-state index contributed by atoms with van der Waals surface area (Å²) in [6.45, 7) is 2.14. The first-order valence-corrected chi connectivity index (χ1v) is 5.11. The fourth-order valence-electron chi connectivity index (χ4n) is 0.935. The van der Waals surface area contributed by atoms with Gasteiger partial charge >= 0.3 is 0 Å². The fourth-order valence-corrected chi connectivity index (χ4v) is 1.11. The van der Waals surface area contributed by atoms with Crippen molar-refractivity contribution >= 4 is 11.6 Å². The zero-order chi connectivity index (χ0) is 10.2. The summed E-state index contributed by atoms with van der Waals surface area (Å²) in [5.74, 6) is 3.55. The van der Waals surface area contributed by atoms with E-state index in [4.69, 9.17) is 16.3 Å². The highest BCUT2D eigenvalue weighted by Gasteiger charge is 1.96. The minimum Gasteiger partial charge on any atom is -0.406 e. The van der Waals surface area contributed by atoms with Gasteiger partial charge in [-0.15, -0.1) is 0 Å². The van der Waals surface area contributed by atoms with Gasteiger partial charge in [0.25, 0.3) is 0 Å². The molecule has 0 radical (unpaired) electrons. The monoisotopic (exact) mass is 208 g/mol. The van der Waals surface area contributed by atoms with Crippen molar-refractivity contribution in [2.24, 2.45) is 0 Å². The van der Waals surface area contributed by atoms with Gasteiger partial charge < -0.3 is 4.74 Å². The third-order valence-electron chi connectivity index (χ3n) is 1.73. The van der Waals surface area contributed by atoms with Gasteiger partial charge in [-0.25, -0.2) is 0 Å². The zero-order valence-corrected chi connectivity index (χ0v) is 8.97. The van der Waals surface area contributed by atoms with Crippen LogP contribution in [0.25, 0.3) is 0 Å². The number of rotatable bonds is 3. The summed E-state index contributed by atoms with van der Waals surface area (Å²) >= 11 is 5.87. The molecule has 0 aromatic heterocycles. The molecule has 0 bridgehead atoms. The van der Waals surface area contributed by atoms with Crippen LogP contribution in [0.5, 0.6) is 5.75 Å². The van der Waals surface area contributed by atoms with E-state index >= 15 is 0 Å². The van der Waals surface area contributed by atoms with Gasteiger partial charge in [0.1, 0.15) is 6.11 Å². The van der Waals surface area contributed by atoms with Crippen molar-refractivity contribution in [3.8, 4) is 17.8 Å². The lowest BCUT2D eigenvalue weighted by Gasteiger charge is -1.97. The number of unbranched alkanes of at least 4 members (excludes halogenated alkanes) is 2. The summed E-state index contributed by atoms with van der Waals surface area (Å²) in [6, 6.07) is 7.32. The van der Waals surface area contributed by atoms with Crippen LogP contribution < -0.4 is 4.74 Å². The van der Waals surface area contributed by atoms with Crippen LogP contribution in [0, 0.1) is 12.0 Å². The predicted octanol–water partition coefficient (Wildman–Crippen LogP) is 3.87. The molecule has 0 fully saturated rings. The molecular formula is C12H13ClO. The van der Waals surface area contributed by atoms with E-state index in [-0.39, 0.29) is 0 Å².